The SMILES string of the molecule is O=C(C1CC1)N1CCCN(c2ncc([N+](=O)[O-])cc2Br)CC1. The van der Waals surface area contributed by atoms with Gasteiger partial charge in [-0.1, -0.05) is 0 Å². The molecule has 0 bridgehead atoms. The summed E-state index contributed by atoms with van der Waals surface area (Å²) in [6, 6.07) is 1.47. The quantitative estimate of drug-likeness (QED) is 0.603. The standard InChI is InChI=1S/C14H17BrN4O3/c15-12-8-11(19(21)22)9-16-13(12)17-4-1-5-18(7-6-17)14(20)10-2-3-10/h8-10H,1-7H2. The van der Waals surface area contributed by atoms with Crippen LogP contribution in [-0.2, 0) is 4.79 Å². The topological polar surface area (TPSA) is 79.6 Å². The molecule has 1 aromatic rings. The number of hydrogen-bond acceptors (Lipinski definition) is 5. The van der Waals surface area contributed by atoms with Crippen LogP contribution >= 0.6 is 15.9 Å². The van der Waals surface area contributed by atoms with E-state index < -0.39 is 4.92 Å². The molecule has 118 valence electrons. The first kappa shape index (κ1) is 15.2. The Morgan fingerprint density at radius 1 is 1.32 bits per heavy atom. The number of pyridine rings is 1. The molecule has 7 nitrogen and oxygen atoms in total. The van der Waals surface area contributed by atoms with Crippen molar-refractivity contribution in [3.05, 3.63) is 26.9 Å². The normalized spacial score (nSPS) is 19.0. The van der Waals surface area contributed by atoms with Crippen molar-refractivity contribution in [2.45, 2.75) is 19.3 Å². The highest BCUT2D eigenvalue weighted by molar-refractivity contribution is 9.10. The zero-order valence-corrected chi connectivity index (χ0v) is 13.7. The number of amides is 1. The lowest BCUT2D eigenvalue weighted by atomic mass is 10.3. The second kappa shape index (κ2) is 6.20. The molecule has 22 heavy (non-hydrogen) atoms. The number of carbonyl (C=O) groups is 1. The summed E-state index contributed by atoms with van der Waals surface area (Å²) in [5, 5.41) is 10.8. The molecule has 1 amide bonds. The minimum Gasteiger partial charge on any atom is -0.354 e. The molecule has 1 aromatic heterocycles. The van der Waals surface area contributed by atoms with Gasteiger partial charge in [-0.3, -0.25) is 14.9 Å². The molecule has 1 saturated heterocycles. The van der Waals surface area contributed by atoms with E-state index in [9.17, 15) is 14.9 Å². The lowest BCUT2D eigenvalue weighted by Crippen LogP contribution is -2.36. The summed E-state index contributed by atoms with van der Waals surface area (Å²) in [5.74, 6) is 1.22. The Kier molecular flexibility index (Phi) is 4.28. The molecule has 1 aliphatic carbocycles. The molecule has 1 aliphatic heterocycles. The third-order valence-electron chi connectivity index (χ3n) is 4.05. The molecule has 8 heteroatoms. The van der Waals surface area contributed by atoms with Crippen molar-refractivity contribution in [1.29, 1.82) is 0 Å². The Bertz CT molecular complexity index is 606. The molecule has 1 saturated carbocycles. The number of halogens is 1. The average Bonchev–Trinajstić information content (AvgIpc) is 3.33. The maximum absolute atomic E-state index is 12.2. The van der Waals surface area contributed by atoms with Gasteiger partial charge in [-0.05, 0) is 35.2 Å². The van der Waals surface area contributed by atoms with Crippen LogP contribution in [0.4, 0.5) is 11.5 Å². The van der Waals surface area contributed by atoms with Gasteiger partial charge in [-0.2, -0.15) is 0 Å². The number of nitrogens with zero attached hydrogens (tertiary/aromatic N) is 4. The lowest BCUT2D eigenvalue weighted by molar-refractivity contribution is -0.385. The van der Waals surface area contributed by atoms with E-state index in [2.05, 4.69) is 25.8 Å². The molecule has 0 N–H and O–H groups in total. The van der Waals surface area contributed by atoms with Crippen LogP contribution in [0, 0.1) is 16.0 Å². The van der Waals surface area contributed by atoms with Crippen LogP contribution in [0.25, 0.3) is 0 Å². The predicted octanol–water partition coefficient (Wildman–Crippen LogP) is 2.20. The summed E-state index contributed by atoms with van der Waals surface area (Å²) in [7, 11) is 0. The Balaban J connectivity index is 1.70. The van der Waals surface area contributed by atoms with E-state index in [-0.39, 0.29) is 17.5 Å². The largest absolute Gasteiger partial charge is 0.354 e. The summed E-state index contributed by atoms with van der Waals surface area (Å²) in [5.41, 5.74) is -0.0315. The minimum atomic E-state index is -0.458. The summed E-state index contributed by atoms with van der Waals surface area (Å²) in [4.78, 5) is 30.7. The van der Waals surface area contributed by atoms with Crippen LogP contribution in [0.2, 0.25) is 0 Å². The van der Waals surface area contributed by atoms with Crippen LogP contribution in [0.1, 0.15) is 19.3 Å². The van der Waals surface area contributed by atoms with Crippen LogP contribution < -0.4 is 4.90 Å². The molecule has 2 heterocycles. The molecule has 2 fully saturated rings. The van der Waals surface area contributed by atoms with Crippen molar-refractivity contribution < 1.29 is 9.72 Å². The van der Waals surface area contributed by atoms with Crippen LogP contribution in [0.15, 0.2) is 16.7 Å². The van der Waals surface area contributed by atoms with Crippen LogP contribution in [-0.4, -0.2) is 46.9 Å². The van der Waals surface area contributed by atoms with Gasteiger partial charge in [0.1, 0.15) is 12.0 Å². The van der Waals surface area contributed by atoms with Crippen molar-refractivity contribution in [3.8, 4) is 0 Å². The number of aromatic nitrogens is 1. The van der Waals surface area contributed by atoms with Gasteiger partial charge in [-0.15, -0.1) is 0 Å². The van der Waals surface area contributed by atoms with Crippen LogP contribution in [0.5, 0.6) is 0 Å². The fourth-order valence-corrected chi connectivity index (χ4v) is 3.28. The van der Waals surface area contributed by atoms with Crippen molar-refractivity contribution in [3.63, 3.8) is 0 Å². The van der Waals surface area contributed by atoms with E-state index in [1.807, 2.05) is 4.90 Å². The fraction of sp³-hybridized carbons (Fsp3) is 0.571. The third kappa shape index (κ3) is 3.21. The highest BCUT2D eigenvalue weighted by Gasteiger charge is 2.34. The van der Waals surface area contributed by atoms with Gasteiger partial charge in [0.2, 0.25) is 5.91 Å². The maximum atomic E-state index is 12.2. The Labute approximate surface area is 136 Å². The maximum Gasteiger partial charge on any atom is 0.288 e. The molecule has 0 atom stereocenters. The number of hydrogen-bond donors (Lipinski definition) is 0. The van der Waals surface area contributed by atoms with E-state index in [1.165, 1.54) is 12.3 Å². The molecular formula is C14H17BrN4O3. The Morgan fingerprint density at radius 2 is 2.09 bits per heavy atom. The number of carbonyl (C=O) groups excluding carboxylic acids is 1. The zero-order chi connectivity index (χ0) is 15.7. The average molecular weight is 369 g/mol. The molecule has 0 spiro atoms. The van der Waals surface area contributed by atoms with Gasteiger partial charge in [-0.25, -0.2) is 4.98 Å². The summed E-state index contributed by atoms with van der Waals surface area (Å²) >= 11 is 3.36. The Morgan fingerprint density at radius 3 is 2.73 bits per heavy atom. The van der Waals surface area contributed by atoms with Crippen molar-refractivity contribution in [2.24, 2.45) is 5.92 Å². The predicted molar refractivity (Wildman–Crippen MR) is 84.7 cm³/mol. The van der Waals surface area contributed by atoms with Crippen LogP contribution in [0.3, 0.4) is 0 Å². The first-order valence-corrected chi connectivity index (χ1v) is 8.19. The van der Waals surface area contributed by atoms with Gasteiger partial charge >= 0.3 is 0 Å². The minimum absolute atomic E-state index is 0.0315. The molecule has 2 aliphatic rings. The first-order chi connectivity index (χ1) is 10.6. The second-order valence-corrected chi connectivity index (χ2v) is 6.55. The Hall–Kier alpha value is -1.70. The van der Waals surface area contributed by atoms with Gasteiger partial charge in [0, 0.05) is 38.2 Å². The lowest BCUT2D eigenvalue weighted by Gasteiger charge is -2.23. The highest BCUT2D eigenvalue weighted by atomic mass is 79.9. The van der Waals surface area contributed by atoms with Gasteiger partial charge in [0.25, 0.3) is 5.69 Å². The monoisotopic (exact) mass is 368 g/mol. The summed E-state index contributed by atoms with van der Waals surface area (Å²) in [6.07, 6.45) is 4.20. The zero-order valence-electron chi connectivity index (χ0n) is 12.1. The van der Waals surface area contributed by atoms with E-state index in [0.29, 0.717) is 23.4 Å². The van der Waals surface area contributed by atoms with Gasteiger partial charge in [0.15, 0.2) is 0 Å². The van der Waals surface area contributed by atoms with E-state index in [0.717, 1.165) is 32.4 Å². The number of anilines is 1. The van der Waals surface area contributed by atoms with Gasteiger partial charge in [0.05, 0.1) is 9.40 Å². The van der Waals surface area contributed by atoms with E-state index in [1.54, 1.807) is 0 Å². The molecular weight excluding hydrogens is 352 g/mol. The summed E-state index contributed by atoms with van der Waals surface area (Å²) < 4.78 is 0.615. The number of rotatable bonds is 3. The summed E-state index contributed by atoms with van der Waals surface area (Å²) in [6.45, 7) is 2.94. The molecule has 0 aromatic carbocycles. The smallest absolute Gasteiger partial charge is 0.288 e. The van der Waals surface area contributed by atoms with Crippen molar-refractivity contribution in [1.82, 2.24) is 9.88 Å². The second-order valence-electron chi connectivity index (χ2n) is 5.70. The number of nitro groups is 1. The van der Waals surface area contributed by atoms with E-state index in [4.69, 9.17) is 0 Å². The molecule has 0 unspecified atom stereocenters. The van der Waals surface area contributed by atoms with Crippen molar-refractivity contribution in [2.75, 3.05) is 31.1 Å². The fourth-order valence-electron chi connectivity index (χ4n) is 2.69. The van der Waals surface area contributed by atoms with Crippen molar-refractivity contribution >= 4 is 33.3 Å². The molecule has 3 rings (SSSR count). The first-order valence-electron chi connectivity index (χ1n) is 7.40. The third-order valence-corrected chi connectivity index (χ3v) is 4.64. The molecule has 0 radical (unpaired) electrons. The van der Waals surface area contributed by atoms with E-state index >= 15 is 0 Å². The highest BCUT2D eigenvalue weighted by Crippen LogP contribution is 2.32. The van der Waals surface area contributed by atoms with Gasteiger partial charge < -0.3 is 9.80 Å².